The number of nitrogens with one attached hydrogen (secondary N) is 3. The van der Waals surface area contributed by atoms with Gasteiger partial charge in [0.15, 0.2) is 0 Å². The van der Waals surface area contributed by atoms with Gasteiger partial charge < -0.3 is 20.4 Å². The number of fused-ring (bicyclic) bond motifs is 1. The van der Waals surface area contributed by atoms with Crippen LogP contribution in [0.4, 0.5) is 11.6 Å². The Balaban J connectivity index is 1.55. The number of benzene rings is 2. The van der Waals surface area contributed by atoms with Crippen LogP contribution in [0.15, 0.2) is 60.8 Å². The predicted molar refractivity (Wildman–Crippen MR) is 108 cm³/mol. The Morgan fingerprint density at radius 2 is 1.82 bits per heavy atom. The van der Waals surface area contributed by atoms with Crippen LogP contribution < -0.4 is 15.4 Å². The Labute approximate surface area is 161 Å². The van der Waals surface area contributed by atoms with Gasteiger partial charge in [-0.2, -0.15) is 0 Å². The number of nitrogens with zero attached hydrogens (tertiary/aromatic N) is 2. The Morgan fingerprint density at radius 1 is 1.04 bits per heavy atom. The molecule has 7 heteroatoms. The molecule has 0 radical (unpaired) electrons. The monoisotopic (exact) mass is 373 g/mol. The van der Waals surface area contributed by atoms with Gasteiger partial charge in [0.25, 0.3) is 5.91 Å². The summed E-state index contributed by atoms with van der Waals surface area (Å²) in [6, 6.07) is 17.0. The quantitative estimate of drug-likeness (QED) is 0.488. The molecule has 0 atom stereocenters. The van der Waals surface area contributed by atoms with Crippen molar-refractivity contribution in [1.82, 2.24) is 20.3 Å². The molecule has 0 spiro atoms. The van der Waals surface area contributed by atoms with Crippen molar-refractivity contribution in [3.8, 4) is 11.5 Å². The fourth-order valence-electron chi connectivity index (χ4n) is 2.75. The maximum absolute atomic E-state index is 11.7. The summed E-state index contributed by atoms with van der Waals surface area (Å²) in [7, 11) is 1.56. The number of aryl methyl sites for hydroxylation is 1. The third kappa shape index (κ3) is 3.78. The number of hydrogen-bond acceptors (Lipinski definition) is 5. The van der Waals surface area contributed by atoms with Gasteiger partial charge in [-0.05, 0) is 37.3 Å². The fraction of sp³-hybridized carbons (Fsp3) is 0.0952. The second-order valence-corrected chi connectivity index (χ2v) is 6.31. The van der Waals surface area contributed by atoms with Crippen molar-refractivity contribution in [2.45, 2.75) is 6.92 Å². The summed E-state index contributed by atoms with van der Waals surface area (Å²) in [5.74, 6) is 1.56. The molecule has 2 heterocycles. The zero-order valence-electron chi connectivity index (χ0n) is 15.5. The highest BCUT2D eigenvalue weighted by atomic mass is 16.5. The van der Waals surface area contributed by atoms with E-state index >= 15 is 0 Å². The number of carbonyl (C=O) groups excluding carboxylic acids is 1. The molecule has 0 aliphatic heterocycles. The molecule has 2 aromatic carbocycles. The number of aromatic nitrogens is 3. The van der Waals surface area contributed by atoms with Crippen LogP contribution >= 0.6 is 0 Å². The number of hydrogen-bond donors (Lipinski definition) is 3. The average molecular weight is 373 g/mol. The number of carbonyl (C=O) groups is 1. The van der Waals surface area contributed by atoms with Gasteiger partial charge in [-0.25, -0.2) is 4.98 Å². The van der Waals surface area contributed by atoms with Gasteiger partial charge in [0, 0.05) is 31.1 Å². The van der Waals surface area contributed by atoms with Crippen LogP contribution in [0.5, 0.6) is 11.5 Å². The molecule has 4 rings (SSSR count). The van der Waals surface area contributed by atoms with Gasteiger partial charge in [-0.3, -0.25) is 9.78 Å². The molecule has 1 amide bonds. The fourth-order valence-corrected chi connectivity index (χ4v) is 2.75. The number of amides is 1. The lowest BCUT2D eigenvalue weighted by molar-refractivity contribution is 0.0958. The van der Waals surface area contributed by atoms with Crippen molar-refractivity contribution in [3.05, 3.63) is 72.1 Å². The van der Waals surface area contributed by atoms with E-state index in [-0.39, 0.29) is 5.91 Å². The smallest absolute Gasteiger partial charge is 0.269 e. The summed E-state index contributed by atoms with van der Waals surface area (Å²) in [6.07, 6.45) is 1.54. The molecule has 140 valence electrons. The number of pyridine rings is 1. The topological polar surface area (TPSA) is 91.9 Å². The van der Waals surface area contributed by atoms with E-state index in [0.29, 0.717) is 23.1 Å². The summed E-state index contributed by atoms with van der Waals surface area (Å²) in [4.78, 5) is 23.5. The van der Waals surface area contributed by atoms with E-state index in [1.165, 1.54) is 11.8 Å². The van der Waals surface area contributed by atoms with E-state index in [2.05, 4.69) is 25.6 Å². The molecular weight excluding hydrogens is 354 g/mol. The lowest BCUT2D eigenvalue weighted by atomic mass is 10.2. The number of imidazole rings is 1. The van der Waals surface area contributed by atoms with Crippen molar-refractivity contribution >= 4 is 28.6 Å². The van der Waals surface area contributed by atoms with Crippen molar-refractivity contribution < 1.29 is 9.53 Å². The van der Waals surface area contributed by atoms with E-state index in [1.807, 2.05) is 49.4 Å². The van der Waals surface area contributed by atoms with E-state index in [4.69, 9.17) is 4.74 Å². The maximum Gasteiger partial charge on any atom is 0.269 e. The zero-order valence-corrected chi connectivity index (χ0v) is 15.5. The highest BCUT2D eigenvalue weighted by Gasteiger charge is 2.08. The third-order valence-corrected chi connectivity index (χ3v) is 4.19. The molecule has 7 nitrogen and oxygen atoms in total. The summed E-state index contributed by atoms with van der Waals surface area (Å²) in [6.45, 7) is 2.05. The van der Waals surface area contributed by atoms with Gasteiger partial charge in [0.1, 0.15) is 17.2 Å². The van der Waals surface area contributed by atoms with E-state index in [1.54, 1.807) is 19.2 Å². The van der Waals surface area contributed by atoms with Crippen molar-refractivity contribution in [2.75, 3.05) is 12.4 Å². The minimum absolute atomic E-state index is 0.263. The minimum atomic E-state index is -0.263. The van der Waals surface area contributed by atoms with Crippen molar-refractivity contribution in [3.63, 3.8) is 0 Å². The SMILES string of the molecule is CNC(=O)c1cc(Oc2ccc3nc(Nc4ccc(C)cc4)[nH]c3c2)ccn1. The van der Waals surface area contributed by atoms with Crippen LogP contribution in [0, 0.1) is 6.92 Å². The summed E-state index contributed by atoms with van der Waals surface area (Å²) in [5.41, 5.74) is 4.12. The van der Waals surface area contributed by atoms with E-state index < -0.39 is 0 Å². The van der Waals surface area contributed by atoms with Crippen LogP contribution in [-0.2, 0) is 0 Å². The van der Waals surface area contributed by atoms with Gasteiger partial charge >= 0.3 is 0 Å². The lowest BCUT2D eigenvalue weighted by Crippen LogP contribution is -2.18. The Morgan fingerprint density at radius 3 is 2.61 bits per heavy atom. The van der Waals surface area contributed by atoms with Gasteiger partial charge in [-0.1, -0.05) is 17.7 Å². The molecule has 28 heavy (non-hydrogen) atoms. The Hall–Kier alpha value is -3.87. The first-order valence-corrected chi connectivity index (χ1v) is 8.80. The number of anilines is 2. The maximum atomic E-state index is 11.7. The first-order valence-electron chi connectivity index (χ1n) is 8.80. The standard InChI is InChI=1S/C21H19N5O2/c1-13-3-5-14(6-4-13)24-21-25-17-8-7-15(11-18(17)26-21)28-16-9-10-23-19(12-16)20(27)22-2/h3-12H,1-2H3,(H,22,27)(H2,24,25,26). The van der Waals surface area contributed by atoms with Crippen LogP contribution in [0.3, 0.4) is 0 Å². The molecule has 0 bridgehead atoms. The number of H-pyrrole nitrogens is 1. The largest absolute Gasteiger partial charge is 0.457 e. The molecule has 0 unspecified atom stereocenters. The third-order valence-electron chi connectivity index (χ3n) is 4.19. The Bertz CT molecular complexity index is 1140. The zero-order chi connectivity index (χ0) is 19.5. The number of rotatable bonds is 5. The van der Waals surface area contributed by atoms with E-state index in [0.717, 1.165) is 16.7 Å². The normalized spacial score (nSPS) is 10.6. The molecule has 0 aliphatic carbocycles. The average Bonchev–Trinajstić information content (AvgIpc) is 3.11. The molecule has 0 aliphatic rings. The van der Waals surface area contributed by atoms with Gasteiger partial charge in [0.05, 0.1) is 11.0 Å². The molecule has 3 N–H and O–H groups in total. The predicted octanol–water partition coefficient (Wildman–Crippen LogP) is 4.16. The second kappa shape index (κ2) is 7.40. The Kier molecular flexibility index (Phi) is 4.63. The summed E-state index contributed by atoms with van der Waals surface area (Å²) >= 11 is 0. The molecule has 2 aromatic heterocycles. The highest BCUT2D eigenvalue weighted by molar-refractivity contribution is 5.92. The minimum Gasteiger partial charge on any atom is -0.457 e. The molecule has 0 saturated heterocycles. The first-order chi connectivity index (χ1) is 13.6. The summed E-state index contributed by atoms with van der Waals surface area (Å²) in [5, 5.41) is 5.80. The van der Waals surface area contributed by atoms with Crippen LogP contribution in [0.1, 0.15) is 16.1 Å². The van der Waals surface area contributed by atoms with Crippen molar-refractivity contribution in [1.29, 1.82) is 0 Å². The molecular formula is C21H19N5O2. The van der Waals surface area contributed by atoms with Gasteiger partial charge in [0.2, 0.25) is 5.95 Å². The molecule has 0 fully saturated rings. The summed E-state index contributed by atoms with van der Waals surface area (Å²) < 4.78 is 5.87. The van der Waals surface area contributed by atoms with Crippen LogP contribution in [-0.4, -0.2) is 27.9 Å². The van der Waals surface area contributed by atoms with Gasteiger partial charge in [-0.15, -0.1) is 0 Å². The van der Waals surface area contributed by atoms with Crippen LogP contribution in [0.2, 0.25) is 0 Å². The molecule has 0 saturated carbocycles. The number of ether oxygens (including phenoxy) is 1. The first kappa shape index (κ1) is 17.5. The highest BCUT2D eigenvalue weighted by Crippen LogP contribution is 2.26. The van der Waals surface area contributed by atoms with E-state index in [9.17, 15) is 4.79 Å². The molecule has 4 aromatic rings. The van der Waals surface area contributed by atoms with Crippen LogP contribution in [0.25, 0.3) is 11.0 Å². The van der Waals surface area contributed by atoms with Crippen molar-refractivity contribution in [2.24, 2.45) is 0 Å². The lowest BCUT2D eigenvalue weighted by Gasteiger charge is -2.06. The second-order valence-electron chi connectivity index (χ2n) is 6.31. The number of aromatic amines is 1.